The molecule has 0 bridgehead atoms. The number of carbonyl (C=O) groups is 1. The van der Waals surface area contributed by atoms with Gasteiger partial charge < -0.3 is 10.5 Å². The normalized spacial score (nSPS) is 10.4. The van der Waals surface area contributed by atoms with Crippen LogP contribution in [0.15, 0.2) is 24.4 Å². The van der Waals surface area contributed by atoms with Crippen molar-refractivity contribution in [1.82, 2.24) is 9.78 Å². The Morgan fingerprint density at radius 1 is 1.39 bits per heavy atom. The standard InChI is InChI=1S/C13H15N3O2/c1-8-4-5-11(18-3)9(6-8)12(17)10-7-15-16(2)13(10)14/h4-7H,14H2,1-3H3. The summed E-state index contributed by atoms with van der Waals surface area (Å²) in [4.78, 5) is 12.4. The smallest absolute Gasteiger partial charge is 0.202 e. The molecule has 18 heavy (non-hydrogen) atoms. The summed E-state index contributed by atoms with van der Waals surface area (Å²) < 4.78 is 6.67. The van der Waals surface area contributed by atoms with Gasteiger partial charge in [0, 0.05) is 7.05 Å². The first-order chi connectivity index (χ1) is 8.54. The molecule has 0 atom stereocenters. The number of benzene rings is 1. The third-order valence-electron chi connectivity index (χ3n) is 2.83. The molecule has 5 nitrogen and oxygen atoms in total. The predicted molar refractivity (Wildman–Crippen MR) is 68.8 cm³/mol. The molecule has 1 aromatic heterocycles. The summed E-state index contributed by atoms with van der Waals surface area (Å²) in [5, 5.41) is 3.97. The van der Waals surface area contributed by atoms with Gasteiger partial charge in [-0.15, -0.1) is 0 Å². The second-order valence-corrected chi connectivity index (χ2v) is 4.10. The molecular formula is C13H15N3O2. The highest BCUT2D eigenvalue weighted by Crippen LogP contribution is 2.24. The number of carbonyl (C=O) groups excluding carboxylic acids is 1. The van der Waals surface area contributed by atoms with Crippen LogP contribution in [0.4, 0.5) is 5.82 Å². The van der Waals surface area contributed by atoms with Gasteiger partial charge >= 0.3 is 0 Å². The van der Waals surface area contributed by atoms with E-state index in [1.54, 1.807) is 19.2 Å². The van der Waals surface area contributed by atoms with Crippen LogP contribution in [-0.4, -0.2) is 22.7 Å². The number of hydrogen-bond acceptors (Lipinski definition) is 4. The van der Waals surface area contributed by atoms with E-state index < -0.39 is 0 Å². The molecule has 0 spiro atoms. The minimum Gasteiger partial charge on any atom is -0.496 e. The minimum absolute atomic E-state index is 0.179. The van der Waals surface area contributed by atoms with Crippen molar-refractivity contribution in [2.24, 2.45) is 7.05 Å². The van der Waals surface area contributed by atoms with Crippen molar-refractivity contribution < 1.29 is 9.53 Å². The Labute approximate surface area is 105 Å². The van der Waals surface area contributed by atoms with Crippen molar-refractivity contribution in [2.45, 2.75) is 6.92 Å². The zero-order valence-corrected chi connectivity index (χ0v) is 10.6. The summed E-state index contributed by atoms with van der Waals surface area (Å²) in [5.41, 5.74) is 7.68. The van der Waals surface area contributed by atoms with E-state index in [1.807, 2.05) is 13.0 Å². The van der Waals surface area contributed by atoms with E-state index in [0.29, 0.717) is 22.7 Å². The number of nitrogens with two attached hydrogens (primary N) is 1. The monoisotopic (exact) mass is 245 g/mol. The highest BCUT2D eigenvalue weighted by Gasteiger charge is 2.19. The molecule has 0 aliphatic rings. The molecule has 0 aliphatic heterocycles. The average molecular weight is 245 g/mol. The Morgan fingerprint density at radius 2 is 2.11 bits per heavy atom. The lowest BCUT2D eigenvalue weighted by molar-refractivity contribution is 0.103. The highest BCUT2D eigenvalue weighted by molar-refractivity contribution is 6.13. The molecule has 0 amide bonds. The van der Waals surface area contributed by atoms with E-state index in [1.165, 1.54) is 18.0 Å². The number of ether oxygens (including phenoxy) is 1. The molecule has 2 N–H and O–H groups in total. The van der Waals surface area contributed by atoms with Crippen LogP contribution in [0, 0.1) is 6.92 Å². The van der Waals surface area contributed by atoms with Gasteiger partial charge in [-0.2, -0.15) is 5.10 Å². The zero-order valence-electron chi connectivity index (χ0n) is 10.6. The first-order valence-corrected chi connectivity index (χ1v) is 5.51. The lowest BCUT2D eigenvalue weighted by atomic mass is 10.0. The molecule has 2 aromatic rings. The molecule has 5 heteroatoms. The van der Waals surface area contributed by atoms with Crippen LogP contribution in [0.5, 0.6) is 5.75 Å². The molecule has 0 fully saturated rings. The van der Waals surface area contributed by atoms with E-state index in [-0.39, 0.29) is 5.78 Å². The number of hydrogen-bond donors (Lipinski definition) is 1. The summed E-state index contributed by atoms with van der Waals surface area (Å²) in [6, 6.07) is 5.45. The van der Waals surface area contributed by atoms with E-state index in [2.05, 4.69) is 5.10 Å². The average Bonchev–Trinajstić information content (AvgIpc) is 2.69. The first-order valence-electron chi connectivity index (χ1n) is 5.51. The number of aromatic nitrogens is 2. The Bertz CT molecular complexity index is 602. The van der Waals surface area contributed by atoms with E-state index >= 15 is 0 Å². The van der Waals surface area contributed by atoms with Crippen LogP contribution in [0.2, 0.25) is 0 Å². The third kappa shape index (κ3) is 1.95. The molecule has 2 rings (SSSR count). The zero-order chi connectivity index (χ0) is 13.3. The van der Waals surface area contributed by atoms with Crippen molar-refractivity contribution >= 4 is 11.6 Å². The Balaban J connectivity index is 2.52. The third-order valence-corrected chi connectivity index (χ3v) is 2.83. The SMILES string of the molecule is COc1ccc(C)cc1C(=O)c1cnn(C)c1N. The predicted octanol–water partition coefficient (Wildman–Crippen LogP) is 1.55. The second kappa shape index (κ2) is 4.52. The summed E-state index contributed by atoms with van der Waals surface area (Å²) >= 11 is 0. The number of anilines is 1. The number of rotatable bonds is 3. The van der Waals surface area contributed by atoms with Gasteiger partial charge in [-0.05, 0) is 19.1 Å². The first kappa shape index (κ1) is 12.2. The van der Waals surface area contributed by atoms with E-state index in [9.17, 15) is 4.79 Å². The summed E-state index contributed by atoms with van der Waals surface area (Å²) in [5.74, 6) is 0.707. The van der Waals surface area contributed by atoms with Gasteiger partial charge in [-0.25, -0.2) is 0 Å². The van der Waals surface area contributed by atoms with Crippen molar-refractivity contribution in [3.8, 4) is 5.75 Å². The van der Waals surface area contributed by atoms with Crippen molar-refractivity contribution in [3.05, 3.63) is 41.1 Å². The van der Waals surface area contributed by atoms with Gasteiger partial charge in [0.15, 0.2) is 0 Å². The number of nitrogens with zero attached hydrogens (tertiary/aromatic N) is 2. The molecular weight excluding hydrogens is 230 g/mol. The molecule has 1 aromatic carbocycles. The van der Waals surface area contributed by atoms with Gasteiger partial charge in [-0.3, -0.25) is 9.48 Å². The molecule has 0 unspecified atom stereocenters. The van der Waals surface area contributed by atoms with Crippen LogP contribution in [0.25, 0.3) is 0 Å². The lowest BCUT2D eigenvalue weighted by Gasteiger charge is -2.08. The maximum atomic E-state index is 12.4. The quantitative estimate of drug-likeness (QED) is 0.833. The maximum Gasteiger partial charge on any atom is 0.202 e. The van der Waals surface area contributed by atoms with Crippen molar-refractivity contribution in [1.29, 1.82) is 0 Å². The summed E-state index contributed by atoms with van der Waals surface area (Å²) in [6.45, 7) is 1.92. The van der Waals surface area contributed by atoms with E-state index in [0.717, 1.165) is 5.56 Å². The Morgan fingerprint density at radius 3 is 2.67 bits per heavy atom. The van der Waals surface area contributed by atoms with Crippen LogP contribution in [-0.2, 0) is 7.05 Å². The molecule has 0 aliphatic carbocycles. The van der Waals surface area contributed by atoms with Gasteiger partial charge in [0.25, 0.3) is 0 Å². The van der Waals surface area contributed by atoms with E-state index in [4.69, 9.17) is 10.5 Å². The Hall–Kier alpha value is -2.30. The molecule has 1 heterocycles. The topological polar surface area (TPSA) is 70.1 Å². The van der Waals surface area contributed by atoms with Gasteiger partial charge in [0.1, 0.15) is 11.6 Å². The fourth-order valence-electron chi connectivity index (χ4n) is 1.77. The molecule has 94 valence electrons. The Kier molecular flexibility index (Phi) is 3.06. The second-order valence-electron chi connectivity index (χ2n) is 4.10. The molecule has 0 saturated carbocycles. The number of aryl methyl sites for hydroxylation is 2. The maximum absolute atomic E-state index is 12.4. The number of nitrogen functional groups attached to an aromatic ring is 1. The largest absolute Gasteiger partial charge is 0.496 e. The summed E-state index contributed by atoms with van der Waals surface area (Å²) in [7, 11) is 3.23. The number of ketones is 1. The van der Waals surface area contributed by atoms with Crippen molar-refractivity contribution in [2.75, 3.05) is 12.8 Å². The lowest BCUT2D eigenvalue weighted by Crippen LogP contribution is -2.07. The number of methoxy groups -OCH3 is 1. The van der Waals surface area contributed by atoms with Gasteiger partial charge in [0.2, 0.25) is 5.78 Å². The molecule has 0 radical (unpaired) electrons. The summed E-state index contributed by atoms with van der Waals surface area (Å²) in [6.07, 6.45) is 1.47. The highest BCUT2D eigenvalue weighted by atomic mass is 16.5. The van der Waals surface area contributed by atoms with Crippen LogP contribution < -0.4 is 10.5 Å². The minimum atomic E-state index is -0.179. The molecule has 0 saturated heterocycles. The van der Waals surface area contributed by atoms with Crippen LogP contribution in [0.1, 0.15) is 21.5 Å². The van der Waals surface area contributed by atoms with Gasteiger partial charge in [0.05, 0.1) is 24.4 Å². The van der Waals surface area contributed by atoms with Crippen LogP contribution in [0.3, 0.4) is 0 Å². The van der Waals surface area contributed by atoms with Crippen LogP contribution >= 0.6 is 0 Å². The van der Waals surface area contributed by atoms with Crippen molar-refractivity contribution in [3.63, 3.8) is 0 Å². The fraction of sp³-hybridized carbons (Fsp3) is 0.231. The fourth-order valence-corrected chi connectivity index (χ4v) is 1.77. The van der Waals surface area contributed by atoms with Gasteiger partial charge in [-0.1, -0.05) is 11.6 Å².